The molecule has 1 aromatic heterocycles. The van der Waals surface area contributed by atoms with E-state index in [9.17, 15) is 9.59 Å². The van der Waals surface area contributed by atoms with E-state index in [2.05, 4.69) is 10.5 Å². The summed E-state index contributed by atoms with van der Waals surface area (Å²) in [7, 11) is 0. The number of para-hydroxylation sites is 1. The van der Waals surface area contributed by atoms with Crippen molar-refractivity contribution >= 4 is 34.4 Å². The molecule has 3 aromatic rings. The molecule has 2 aromatic carbocycles. The summed E-state index contributed by atoms with van der Waals surface area (Å²) in [4.78, 5) is 33.1. The molecule has 1 N–H and O–H groups in total. The highest BCUT2D eigenvalue weighted by molar-refractivity contribution is 7.12. The van der Waals surface area contributed by atoms with Crippen molar-refractivity contribution in [2.45, 2.75) is 12.5 Å². The number of nitrogens with zero attached hydrogens (tertiary/aromatic N) is 1. The van der Waals surface area contributed by atoms with Crippen LogP contribution in [0.3, 0.4) is 0 Å². The zero-order chi connectivity index (χ0) is 19.3. The number of aryl methyl sites for hydroxylation is 1. The van der Waals surface area contributed by atoms with Crippen molar-refractivity contribution < 1.29 is 14.4 Å². The van der Waals surface area contributed by atoms with Crippen LogP contribution in [0.1, 0.15) is 26.4 Å². The van der Waals surface area contributed by atoms with E-state index in [1.54, 1.807) is 6.07 Å². The Hall–Kier alpha value is -3.25. The molecule has 0 fully saturated rings. The first-order valence-corrected chi connectivity index (χ1v) is 9.81. The number of hydrogen-bond acceptors (Lipinski definition) is 5. The number of carbonyl (C=O) groups is 2. The Morgan fingerprint density at radius 2 is 1.89 bits per heavy atom. The van der Waals surface area contributed by atoms with Crippen LogP contribution in [0.4, 0.5) is 5.69 Å². The molecular formula is C22H16N2O3S. The van der Waals surface area contributed by atoms with Gasteiger partial charge in [0, 0.05) is 16.8 Å². The highest BCUT2D eigenvalue weighted by atomic mass is 32.1. The Bertz CT molecular complexity index is 1120. The van der Waals surface area contributed by atoms with E-state index in [-0.39, 0.29) is 11.7 Å². The van der Waals surface area contributed by atoms with E-state index in [4.69, 9.17) is 4.84 Å². The van der Waals surface area contributed by atoms with Crippen LogP contribution in [0.5, 0.6) is 0 Å². The van der Waals surface area contributed by atoms with Gasteiger partial charge >= 0.3 is 0 Å². The number of amides is 1. The predicted molar refractivity (Wildman–Crippen MR) is 108 cm³/mol. The van der Waals surface area contributed by atoms with Crippen molar-refractivity contribution in [1.82, 2.24) is 0 Å². The Balaban J connectivity index is 1.70. The summed E-state index contributed by atoms with van der Waals surface area (Å²) in [6.45, 7) is 1.99. The standard InChI is InChI=1S/C22H16N2O3S/c1-13-8-10-14(11-9-13)19-18(20(25)17-7-4-12-28-17)22(27-24-19)15-5-2-3-6-16(15)23-21(22)26/h2-12,18H,1H3,(H,23,26)/t18-,22-/m0/s1. The minimum Gasteiger partial charge on any atom is -0.373 e. The fourth-order valence-electron chi connectivity index (χ4n) is 3.86. The number of hydrogen-bond donors (Lipinski definition) is 1. The van der Waals surface area contributed by atoms with Crippen molar-refractivity contribution in [1.29, 1.82) is 0 Å². The first-order valence-electron chi connectivity index (χ1n) is 8.93. The second-order valence-corrected chi connectivity index (χ2v) is 7.89. The summed E-state index contributed by atoms with van der Waals surface area (Å²) in [6.07, 6.45) is 0. The largest absolute Gasteiger partial charge is 0.373 e. The molecule has 5 nitrogen and oxygen atoms in total. The van der Waals surface area contributed by atoms with E-state index < -0.39 is 11.5 Å². The number of carbonyl (C=O) groups excluding carboxylic acids is 2. The maximum Gasteiger partial charge on any atom is 0.277 e. The van der Waals surface area contributed by atoms with Crippen molar-refractivity contribution in [2.24, 2.45) is 11.1 Å². The maximum absolute atomic E-state index is 13.5. The zero-order valence-electron chi connectivity index (χ0n) is 15.0. The molecule has 0 radical (unpaired) electrons. The monoisotopic (exact) mass is 388 g/mol. The molecular weight excluding hydrogens is 372 g/mol. The summed E-state index contributed by atoms with van der Waals surface area (Å²) in [5.41, 5.74) is 2.15. The molecule has 2 aliphatic heterocycles. The molecule has 3 heterocycles. The molecule has 0 saturated heterocycles. The van der Waals surface area contributed by atoms with Crippen LogP contribution >= 0.6 is 11.3 Å². The minimum atomic E-state index is -1.49. The van der Waals surface area contributed by atoms with Crippen LogP contribution < -0.4 is 5.32 Å². The van der Waals surface area contributed by atoms with Gasteiger partial charge in [0.15, 0.2) is 5.78 Å². The molecule has 6 heteroatoms. The van der Waals surface area contributed by atoms with Crippen molar-refractivity contribution in [3.63, 3.8) is 0 Å². The molecule has 0 unspecified atom stereocenters. The van der Waals surface area contributed by atoms with Crippen molar-refractivity contribution in [3.05, 3.63) is 87.6 Å². The van der Waals surface area contributed by atoms with Gasteiger partial charge in [-0.05, 0) is 24.4 Å². The smallest absolute Gasteiger partial charge is 0.277 e. The van der Waals surface area contributed by atoms with Gasteiger partial charge in [-0.1, -0.05) is 59.3 Å². The van der Waals surface area contributed by atoms with E-state index in [1.165, 1.54) is 11.3 Å². The second-order valence-electron chi connectivity index (χ2n) is 6.94. The summed E-state index contributed by atoms with van der Waals surface area (Å²) in [6, 6.07) is 18.6. The van der Waals surface area contributed by atoms with Crippen LogP contribution in [0, 0.1) is 12.8 Å². The molecule has 138 valence electrons. The SMILES string of the molecule is Cc1ccc(C2=NO[C@]3(C(=O)Nc4ccccc43)[C@@H]2C(=O)c2cccs2)cc1. The first-order chi connectivity index (χ1) is 13.6. The predicted octanol–water partition coefficient (Wildman–Crippen LogP) is 4.14. The third-order valence-corrected chi connectivity index (χ3v) is 6.14. The quantitative estimate of drug-likeness (QED) is 0.686. The van der Waals surface area contributed by atoms with Gasteiger partial charge in [0.05, 0.1) is 4.88 Å². The lowest BCUT2D eigenvalue weighted by molar-refractivity contribution is -0.140. The second kappa shape index (κ2) is 6.14. The van der Waals surface area contributed by atoms with Crippen LogP contribution in [0.2, 0.25) is 0 Å². The van der Waals surface area contributed by atoms with Gasteiger partial charge in [0.2, 0.25) is 0 Å². The average molecular weight is 388 g/mol. The molecule has 1 amide bonds. The molecule has 0 bridgehead atoms. The number of thiophene rings is 1. The third-order valence-electron chi connectivity index (χ3n) is 5.25. The third kappa shape index (κ3) is 2.28. The Morgan fingerprint density at radius 1 is 1.11 bits per heavy atom. The lowest BCUT2D eigenvalue weighted by atomic mass is 9.75. The maximum atomic E-state index is 13.5. The van der Waals surface area contributed by atoms with Crippen LogP contribution in [-0.4, -0.2) is 17.4 Å². The van der Waals surface area contributed by atoms with Gasteiger partial charge in [0.1, 0.15) is 11.6 Å². The molecule has 2 atom stereocenters. The van der Waals surface area contributed by atoms with Gasteiger partial charge in [-0.3, -0.25) is 9.59 Å². The molecule has 28 heavy (non-hydrogen) atoms. The number of anilines is 1. The summed E-state index contributed by atoms with van der Waals surface area (Å²) in [5, 5.41) is 8.98. The van der Waals surface area contributed by atoms with Gasteiger partial charge in [-0.15, -0.1) is 11.3 Å². The van der Waals surface area contributed by atoms with Gasteiger partial charge in [-0.2, -0.15) is 0 Å². The van der Waals surface area contributed by atoms with Gasteiger partial charge in [0.25, 0.3) is 11.5 Å². The average Bonchev–Trinajstić information content (AvgIpc) is 3.42. The Kier molecular flexibility index (Phi) is 3.70. The van der Waals surface area contributed by atoms with Crippen molar-refractivity contribution in [2.75, 3.05) is 5.32 Å². The number of nitrogens with one attached hydrogen (secondary N) is 1. The molecule has 5 rings (SSSR count). The summed E-state index contributed by atoms with van der Waals surface area (Å²) in [5.74, 6) is -1.40. The van der Waals surface area contributed by atoms with Crippen molar-refractivity contribution in [3.8, 4) is 0 Å². The molecule has 0 saturated carbocycles. The number of ketones is 1. The summed E-state index contributed by atoms with van der Waals surface area (Å²) < 4.78 is 0. The lowest BCUT2D eigenvalue weighted by Gasteiger charge is -2.26. The fraction of sp³-hybridized carbons (Fsp3) is 0.136. The first kappa shape index (κ1) is 16.9. The van der Waals surface area contributed by atoms with Crippen LogP contribution in [-0.2, 0) is 15.2 Å². The van der Waals surface area contributed by atoms with E-state index >= 15 is 0 Å². The van der Waals surface area contributed by atoms with Gasteiger partial charge < -0.3 is 10.2 Å². The number of oxime groups is 1. The number of Topliss-reactive ketones (excluding diaryl/α,β-unsaturated/α-hetero) is 1. The minimum absolute atomic E-state index is 0.168. The van der Waals surface area contributed by atoms with E-state index in [0.29, 0.717) is 21.8 Å². The highest BCUT2D eigenvalue weighted by Gasteiger charge is 2.63. The normalized spacial score (nSPS) is 22.5. The van der Waals surface area contributed by atoms with Gasteiger partial charge in [-0.25, -0.2) is 0 Å². The van der Waals surface area contributed by atoms with E-state index in [0.717, 1.165) is 11.1 Å². The topological polar surface area (TPSA) is 67.8 Å². The Morgan fingerprint density at radius 3 is 2.64 bits per heavy atom. The molecule has 2 aliphatic rings. The lowest BCUT2D eigenvalue weighted by Crippen LogP contribution is -2.46. The number of rotatable bonds is 3. The van der Waals surface area contributed by atoms with Crippen LogP contribution in [0.25, 0.3) is 0 Å². The van der Waals surface area contributed by atoms with E-state index in [1.807, 2.05) is 66.9 Å². The fourth-order valence-corrected chi connectivity index (χ4v) is 4.56. The number of benzene rings is 2. The molecule has 1 spiro atoms. The summed E-state index contributed by atoms with van der Waals surface area (Å²) >= 11 is 1.35. The zero-order valence-corrected chi connectivity index (χ0v) is 15.8. The number of fused-ring (bicyclic) bond motifs is 2. The van der Waals surface area contributed by atoms with Crippen LogP contribution in [0.15, 0.2) is 71.2 Å². The highest BCUT2D eigenvalue weighted by Crippen LogP contribution is 2.49. The molecule has 0 aliphatic carbocycles. The Labute approximate surface area is 165 Å².